The highest BCUT2D eigenvalue weighted by atomic mass is 79.9. The van der Waals surface area contributed by atoms with E-state index in [9.17, 15) is 5.11 Å². The molecule has 2 rings (SSSR count). The van der Waals surface area contributed by atoms with Gasteiger partial charge in [-0.3, -0.25) is 0 Å². The first kappa shape index (κ1) is 15.5. The van der Waals surface area contributed by atoms with Crippen molar-refractivity contribution in [2.24, 2.45) is 0 Å². The zero-order valence-electron chi connectivity index (χ0n) is 11.1. The zero-order chi connectivity index (χ0) is 14.5. The molecular formula is C16H16Br2O2. The molecule has 2 aromatic carbocycles. The largest absolute Gasteiger partial charge is 0.496 e. The lowest BCUT2D eigenvalue weighted by atomic mass is 9.92. The van der Waals surface area contributed by atoms with E-state index in [1.54, 1.807) is 7.11 Å². The third-order valence-electron chi connectivity index (χ3n) is 3.25. The lowest BCUT2D eigenvalue weighted by molar-refractivity contribution is 0.263. The van der Waals surface area contributed by atoms with Crippen molar-refractivity contribution < 1.29 is 9.84 Å². The molecule has 1 atom stereocenters. The molecule has 20 heavy (non-hydrogen) atoms. The number of aliphatic hydroxyl groups excluding tert-OH is 1. The highest BCUT2D eigenvalue weighted by Crippen LogP contribution is 2.29. The molecule has 2 aromatic rings. The lowest BCUT2D eigenvalue weighted by Gasteiger charge is -2.17. The summed E-state index contributed by atoms with van der Waals surface area (Å²) in [5, 5.41) is 9.70. The standard InChI is InChI=1S/C16H16Br2O2/c1-20-16-6-5-15(18)9-12(16)7-13(10-19)11-3-2-4-14(17)8-11/h2-6,8-9,13,19H,7,10H2,1H3. The molecule has 1 N–H and O–H groups in total. The van der Waals surface area contributed by atoms with Crippen molar-refractivity contribution in [2.45, 2.75) is 12.3 Å². The van der Waals surface area contributed by atoms with E-state index in [0.717, 1.165) is 32.2 Å². The number of hydrogen-bond donors (Lipinski definition) is 1. The molecule has 0 amide bonds. The first-order valence-corrected chi connectivity index (χ1v) is 7.91. The molecule has 0 bridgehead atoms. The minimum Gasteiger partial charge on any atom is -0.496 e. The normalized spacial score (nSPS) is 12.2. The SMILES string of the molecule is COc1ccc(Br)cc1CC(CO)c1cccc(Br)c1. The molecule has 1 unspecified atom stereocenters. The van der Waals surface area contributed by atoms with Gasteiger partial charge in [0.2, 0.25) is 0 Å². The third-order valence-corrected chi connectivity index (χ3v) is 4.24. The first-order valence-electron chi connectivity index (χ1n) is 6.32. The van der Waals surface area contributed by atoms with Crippen LogP contribution in [-0.2, 0) is 6.42 Å². The fraction of sp³-hybridized carbons (Fsp3) is 0.250. The van der Waals surface area contributed by atoms with E-state index in [1.807, 2.05) is 42.5 Å². The van der Waals surface area contributed by atoms with Gasteiger partial charge in [-0.25, -0.2) is 0 Å². The maximum atomic E-state index is 9.70. The molecule has 0 saturated carbocycles. The van der Waals surface area contributed by atoms with Crippen molar-refractivity contribution in [2.75, 3.05) is 13.7 Å². The maximum Gasteiger partial charge on any atom is 0.122 e. The van der Waals surface area contributed by atoms with Crippen LogP contribution in [0.5, 0.6) is 5.75 Å². The van der Waals surface area contributed by atoms with Crippen molar-refractivity contribution in [3.63, 3.8) is 0 Å². The van der Waals surface area contributed by atoms with Crippen LogP contribution in [0.15, 0.2) is 51.4 Å². The molecule has 0 spiro atoms. The minimum atomic E-state index is 0.0516. The van der Waals surface area contributed by atoms with Gasteiger partial charge in [0, 0.05) is 14.9 Å². The summed E-state index contributed by atoms with van der Waals surface area (Å²) in [6.45, 7) is 0.103. The van der Waals surface area contributed by atoms with Crippen molar-refractivity contribution in [1.29, 1.82) is 0 Å². The molecule has 0 saturated heterocycles. The van der Waals surface area contributed by atoms with Crippen molar-refractivity contribution in [1.82, 2.24) is 0 Å². The van der Waals surface area contributed by atoms with Crippen LogP contribution in [0.4, 0.5) is 0 Å². The summed E-state index contributed by atoms with van der Waals surface area (Å²) in [5.41, 5.74) is 2.20. The molecule has 0 radical (unpaired) electrons. The molecular weight excluding hydrogens is 384 g/mol. The molecule has 0 aromatic heterocycles. The fourth-order valence-corrected chi connectivity index (χ4v) is 3.05. The number of rotatable bonds is 5. The van der Waals surface area contributed by atoms with Gasteiger partial charge in [-0.15, -0.1) is 0 Å². The lowest BCUT2D eigenvalue weighted by Crippen LogP contribution is -2.08. The summed E-state index contributed by atoms with van der Waals surface area (Å²) < 4.78 is 7.43. The van der Waals surface area contributed by atoms with Crippen molar-refractivity contribution in [3.05, 3.63) is 62.5 Å². The van der Waals surface area contributed by atoms with Gasteiger partial charge in [-0.05, 0) is 47.9 Å². The van der Waals surface area contributed by atoms with E-state index in [1.165, 1.54) is 0 Å². The third kappa shape index (κ3) is 3.84. The molecule has 0 fully saturated rings. The van der Waals surface area contributed by atoms with Gasteiger partial charge in [0.15, 0.2) is 0 Å². The first-order chi connectivity index (χ1) is 9.63. The number of hydrogen-bond acceptors (Lipinski definition) is 2. The monoisotopic (exact) mass is 398 g/mol. The molecule has 0 heterocycles. The van der Waals surface area contributed by atoms with Crippen LogP contribution >= 0.6 is 31.9 Å². The van der Waals surface area contributed by atoms with Crippen LogP contribution in [0.2, 0.25) is 0 Å². The van der Waals surface area contributed by atoms with Gasteiger partial charge in [-0.2, -0.15) is 0 Å². The van der Waals surface area contributed by atoms with E-state index >= 15 is 0 Å². The van der Waals surface area contributed by atoms with Gasteiger partial charge < -0.3 is 9.84 Å². The van der Waals surface area contributed by atoms with E-state index in [0.29, 0.717) is 0 Å². The Balaban J connectivity index is 2.28. The summed E-state index contributed by atoms with van der Waals surface area (Å²) in [6.07, 6.45) is 0.732. The van der Waals surface area contributed by atoms with Gasteiger partial charge in [0.25, 0.3) is 0 Å². The molecule has 0 aliphatic carbocycles. The Bertz CT molecular complexity index is 584. The predicted octanol–water partition coefficient (Wildman–Crippen LogP) is 4.54. The van der Waals surface area contributed by atoms with E-state index in [2.05, 4.69) is 31.9 Å². The zero-order valence-corrected chi connectivity index (χ0v) is 14.3. The summed E-state index contributed by atoms with van der Waals surface area (Å²) in [6, 6.07) is 14.0. The number of methoxy groups -OCH3 is 1. The molecule has 0 aliphatic heterocycles. The van der Waals surface area contributed by atoms with Gasteiger partial charge in [-0.1, -0.05) is 44.0 Å². The summed E-state index contributed by atoms with van der Waals surface area (Å²) in [5.74, 6) is 0.900. The number of aliphatic hydroxyl groups is 1. The topological polar surface area (TPSA) is 29.5 Å². The highest BCUT2D eigenvalue weighted by molar-refractivity contribution is 9.10. The van der Waals surface area contributed by atoms with E-state index in [4.69, 9.17) is 4.74 Å². The number of halogens is 2. The number of ether oxygens (including phenoxy) is 1. The van der Waals surface area contributed by atoms with E-state index < -0.39 is 0 Å². The van der Waals surface area contributed by atoms with Crippen LogP contribution in [0, 0.1) is 0 Å². The van der Waals surface area contributed by atoms with Crippen molar-refractivity contribution >= 4 is 31.9 Å². The van der Waals surface area contributed by atoms with E-state index in [-0.39, 0.29) is 12.5 Å². The average molecular weight is 400 g/mol. The highest BCUT2D eigenvalue weighted by Gasteiger charge is 2.15. The Hall–Kier alpha value is -0.840. The second kappa shape index (κ2) is 7.25. The maximum absolute atomic E-state index is 9.70. The minimum absolute atomic E-state index is 0.0516. The molecule has 0 aliphatic rings. The Morgan fingerprint density at radius 2 is 1.85 bits per heavy atom. The van der Waals surface area contributed by atoms with Crippen LogP contribution in [-0.4, -0.2) is 18.8 Å². The Labute approximate surface area is 136 Å². The van der Waals surface area contributed by atoms with Gasteiger partial charge >= 0.3 is 0 Å². The average Bonchev–Trinajstić information content (AvgIpc) is 2.45. The summed E-state index contributed by atoms with van der Waals surface area (Å²) >= 11 is 6.95. The molecule has 106 valence electrons. The second-order valence-electron chi connectivity index (χ2n) is 4.59. The molecule has 2 nitrogen and oxygen atoms in total. The smallest absolute Gasteiger partial charge is 0.122 e. The van der Waals surface area contributed by atoms with Crippen LogP contribution in [0.1, 0.15) is 17.0 Å². The summed E-state index contributed by atoms with van der Waals surface area (Å²) in [4.78, 5) is 0. The fourth-order valence-electron chi connectivity index (χ4n) is 2.22. The van der Waals surface area contributed by atoms with Crippen molar-refractivity contribution in [3.8, 4) is 5.75 Å². The second-order valence-corrected chi connectivity index (χ2v) is 6.43. The Morgan fingerprint density at radius 1 is 1.10 bits per heavy atom. The van der Waals surface area contributed by atoms with Crippen LogP contribution < -0.4 is 4.74 Å². The molecule has 4 heteroatoms. The summed E-state index contributed by atoms with van der Waals surface area (Å²) in [7, 11) is 1.67. The van der Waals surface area contributed by atoms with Crippen LogP contribution in [0.3, 0.4) is 0 Å². The van der Waals surface area contributed by atoms with Crippen LogP contribution in [0.25, 0.3) is 0 Å². The Morgan fingerprint density at radius 3 is 2.50 bits per heavy atom. The predicted molar refractivity (Wildman–Crippen MR) is 88.4 cm³/mol. The Kier molecular flexibility index (Phi) is 5.64. The van der Waals surface area contributed by atoms with Gasteiger partial charge in [0.1, 0.15) is 5.75 Å². The van der Waals surface area contributed by atoms with Gasteiger partial charge in [0.05, 0.1) is 13.7 Å². The number of benzene rings is 2. The quantitative estimate of drug-likeness (QED) is 0.799.